The van der Waals surface area contributed by atoms with E-state index in [4.69, 9.17) is 4.74 Å². The van der Waals surface area contributed by atoms with Crippen molar-refractivity contribution in [3.8, 4) is 0 Å². The van der Waals surface area contributed by atoms with Crippen LogP contribution in [0.2, 0.25) is 0 Å². The number of nitrogens with zero attached hydrogens (tertiary/aromatic N) is 2. The number of para-hydroxylation sites is 1. The number of rotatable bonds is 2. The zero-order valence-electron chi connectivity index (χ0n) is 17.7. The average Bonchev–Trinajstić information content (AvgIpc) is 3.19. The fraction of sp³-hybridized carbons (Fsp3) is 0.435. The molecule has 0 saturated heterocycles. The molecule has 1 amide bonds. The average molecular weight is 369 g/mol. The van der Waals surface area contributed by atoms with Gasteiger partial charge in [-0.2, -0.15) is 0 Å². The highest BCUT2D eigenvalue weighted by molar-refractivity contribution is 5.74. The van der Waals surface area contributed by atoms with Crippen LogP contribution in [0.1, 0.15) is 47.1 Å². The number of benzene rings is 1. The van der Waals surface area contributed by atoms with Gasteiger partial charge in [-0.25, -0.2) is 4.79 Å². The molecule has 0 atom stereocenters. The maximum Gasteiger partial charge on any atom is 0.414 e. The van der Waals surface area contributed by atoms with Gasteiger partial charge < -0.3 is 9.64 Å². The predicted molar refractivity (Wildman–Crippen MR) is 113 cm³/mol. The number of amides is 1. The van der Waals surface area contributed by atoms with Crippen LogP contribution in [0.3, 0.4) is 0 Å². The summed E-state index contributed by atoms with van der Waals surface area (Å²) in [4.78, 5) is 16.3. The molecular weight excluding hydrogens is 336 g/mol. The number of anilines is 1. The molecule has 0 bridgehead atoms. The molecule has 2 aliphatic rings. The lowest BCUT2D eigenvalue weighted by atomic mass is 10.1. The van der Waals surface area contributed by atoms with Gasteiger partial charge in [-0.05, 0) is 51.3 Å². The first-order valence-corrected chi connectivity index (χ1v) is 9.69. The zero-order valence-corrected chi connectivity index (χ0v) is 17.7. The first-order valence-electron chi connectivity index (χ1n) is 9.69. The number of carbonyl (C=O) groups excluding carboxylic acids is 1. The molecule has 4 nitrogen and oxygen atoms in total. The molecular formula is C23H32N2O2. The van der Waals surface area contributed by atoms with Crippen molar-refractivity contribution in [2.24, 2.45) is 0 Å². The molecule has 146 valence electrons. The molecule has 0 saturated carbocycles. The Labute approximate surface area is 163 Å². The van der Waals surface area contributed by atoms with Gasteiger partial charge in [0.2, 0.25) is 0 Å². The second-order valence-corrected chi connectivity index (χ2v) is 7.56. The largest absolute Gasteiger partial charge is 0.443 e. The molecule has 0 N–H and O–H groups in total. The second-order valence-electron chi connectivity index (χ2n) is 7.56. The SMILES string of the molecule is CC.CC1=C(N(C)C(=O)OC(C)(C)C)/C(=C/N2CCc3ccccc32)C=C1. The van der Waals surface area contributed by atoms with E-state index in [1.807, 2.05) is 47.6 Å². The van der Waals surface area contributed by atoms with Gasteiger partial charge in [0.05, 0.1) is 5.70 Å². The lowest BCUT2D eigenvalue weighted by Gasteiger charge is -2.27. The van der Waals surface area contributed by atoms with Crippen molar-refractivity contribution in [2.75, 3.05) is 18.5 Å². The molecule has 1 aromatic rings. The number of likely N-dealkylation sites (N-methyl/N-ethyl adjacent to an activating group) is 1. The molecule has 0 fully saturated rings. The van der Waals surface area contributed by atoms with Crippen molar-refractivity contribution in [3.05, 3.63) is 65.0 Å². The summed E-state index contributed by atoms with van der Waals surface area (Å²) in [7, 11) is 1.77. The van der Waals surface area contributed by atoms with Crippen LogP contribution in [-0.2, 0) is 11.2 Å². The molecule has 0 aromatic heterocycles. The van der Waals surface area contributed by atoms with Crippen LogP contribution in [0.5, 0.6) is 0 Å². The molecule has 0 spiro atoms. The maximum absolute atomic E-state index is 12.5. The minimum Gasteiger partial charge on any atom is -0.443 e. The lowest BCUT2D eigenvalue weighted by molar-refractivity contribution is 0.0356. The molecule has 3 rings (SSSR count). The normalized spacial score (nSPS) is 17.0. The summed E-state index contributed by atoms with van der Waals surface area (Å²) >= 11 is 0. The second kappa shape index (κ2) is 8.47. The first kappa shape index (κ1) is 20.8. The van der Waals surface area contributed by atoms with E-state index in [-0.39, 0.29) is 6.09 Å². The minimum atomic E-state index is -0.510. The number of fused-ring (bicyclic) bond motifs is 1. The molecule has 27 heavy (non-hydrogen) atoms. The topological polar surface area (TPSA) is 32.8 Å². The quantitative estimate of drug-likeness (QED) is 0.674. The number of carbonyl (C=O) groups is 1. The summed E-state index contributed by atoms with van der Waals surface area (Å²) in [6.45, 7) is 12.6. The van der Waals surface area contributed by atoms with Crippen LogP contribution in [0.4, 0.5) is 10.5 Å². The van der Waals surface area contributed by atoms with E-state index >= 15 is 0 Å². The number of hydrogen-bond donors (Lipinski definition) is 0. The van der Waals surface area contributed by atoms with Crippen LogP contribution in [0.15, 0.2) is 59.5 Å². The van der Waals surface area contributed by atoms with Gasteiger partial charge in [-0.1, -0.05) is 44.2 Å². The van der Waals surface area contributed by atoms with Gasteiger partial charge in [-0.15, -0.1) is 0 Å². The molecule has 0 radical (unpaired) electrons. The molecule has 0 unspecified atom stereocenters. The fourth-order valence-electron chi connectivity index (χ4n) is 3.25. The van der Waals surface area contributed by atoms with Crippen LogP contribution in [0.25, 0.3) is 0 Å². The van der Waals surface area contributed by atoms with Crippen molar-refractivity contribution in [1.29, 1.82) is 0 Å². The van der Waals surface area contributed by atoms with Gasteiger partial charge >= 0.3 is 6.09 Å². The molecule has 4 heteroatoms. The van der Waals surface area contributed by atoms with Crippen LogP contribution in [-0.4, -0.2) is 30.2 Å². The van der Waals surface area contributed by atoms with E-state index in [2.05, 4.69) is 41.4 Å². The summed E-state index contributed by atoms with van der Waals surface area (Å²) < 4.78 is 5.52. The van der Waals surface area contributed by atoms with Crippen LogP contribution in [0, 0.1) is 0 Å². The van der Waals surface area contributed by atoms with E-state index in [1.54, 1.807) is 11.9 Å². The third-order valence-electron chi connectivity index (χ3n) is 4.38. The standard InChI is InChI=1S/C21H26N2O2.C2H6/c1-15-10-11-17(19(15)22(5)20(24)25-21(2,3)4)14-23-13-12-16-8-6-7-9-18(16)23;1-2/h6-11,14H,12-13H2,1-5H3;1-2H3/b17-14+;. The summed E-state index contributed by atoms with van der Waals surface area (Å²) in [5, 5.41) is 0. The number of allylic oxidation sites excluding steroid dienone is 3. The predicted octanol–water partition coefficient (Wildman–Crippen LogP) is 5.67. The van der Waals surface area contributed by atoms with Gasteiger partial charge in [0, 0.05) is 31.1 Å². The van der Waals surface area contributed by atoms with E-state index in [1.165, 1.54) is 11.3 Å². The van der Waals surface area contributed by atoms with Crippen molar-refractivity contribution < 1.29 is 9.53 Å². The minimum absolute atomic E-state index is 0.335. The van der Waals surface area contributed by atoms with Gasteiger partial charge in [0.1, 0.15) is 5.60 Å². The smallest absolute Gasteiger partial charge is 0.414 e. The van der Waals surface area contributed by atoms with Gasteiger partial charge in [0.15, 0.2) is 0 Å². The van der Waals surface area contributed by atoms with E-state index in [0.717, 1.165) is 29.8 Å². The Bertz CT molecular complexity index is 782. The highest BCUT2D eigenvalue weighted by Gasteiger charge is 2.27. The van der Waals surface area contributed by atoms with E-state index in [9.17, 15) is 4.79 Å². The van der Waals surface area contributed by atoms with Gasteiger partial charge in [-0.3, -0.25) is 4.90 Å². The van der Waals surface area contributed by atoms with Crippen molar-refractivity contribution in [1.82, 2.24) is 4.90 Å². The fourth-order valence-corrected chi connectivity index (χ4v) is 3.25. The molecule has 1 aromatic carbocycles. The van der Waals surface area contributed by atoms with Gasteiger partial charge in [0.25, 0.3) is 0 Å². The highest BCUT2D eigenvalue weighted by atomic mass is 16.6. The van der Waals surface area contributed by atoms with Crippen LogP contribution < -0.4 is 4.90 Å². The number of ether oxygens (including phenoxy) is 1. The Balaban J connectivity index is 0.00000126. The summed E-state index contributed by atoms with van der Waals surface area (Å²) in [6, 6.07) is 8.46. The van der Waals surface area contributed by atoms with Crippen molar-refractivity contribution in [2.45, 2.75) is 53.6 Å². The summed E-state index contributed by atoms with van der Waals surface area (Å²) in [5.74, 6) is 0. The Hall–Kier alpha value is -2.49. The maximum atomic E-state index is 12.5. The molecule has 1 aliphatic carbocycles. The molecule has 1 heterocycles. The third-order valence-corrected chi connectivity index (χ3v) is 4.38. The summed E-state index contributed by atoms with van der Waals surface area (Å²) in [5.41, 5.74) is 5.09. The number of hydrogen-bond acceptors (Lipinski definition) is 3. The van der Waals surface area contributed by atoms with Crippen molar-refractivity contribution in [3.63, 3.8) is 0 Å². The summed E-state index contributed by atoms with van der Waals surface area (Å²) in [6.07, 6.45) is 6.95. The Morgan fingerprint density at radius 1 is 1.19 bits per heavy atom. The first-order chi connectivity index (χ1) is 12.8. The van der Waals surface area contributed by atoms with Crippen molar-refractivity contribution >= 4 is 11.8 Å². The lowest BCUT2D eigenvalue weighted by Crippen LogP contribution is -2.34. The molecule has 1 aliphatic heterocycles. The van der Waals surface area contributed by atoms with E-state index < -0.39 is 5.60 Å². The van der Waals surface area contributed by atoms with Crippen LogP contribution >= 0.6 is 0 Å². The Kier molecular flexibility index (Phi) is 6.53. The third kappa shape index (κ3) is 4.82. The Morgan fingerprint density at radius 2 is 1.85 bits per heavy atom. The Morgan fingerprint density at radius 3 is 2.52 bits per heavy atom. The van der Waals surface area contributed by atoms with E-state index in [0.29, 0.717) is 0 Å². The highest BCUT2D eigenvalue weighted by Crippen LogP contribution is 2.32. The zero-order chi connectivity index (χ0) is 20.2. The monoisotopic (exact) mass is 368 g/mol.